The van der Waals surface area contributed by atoms with Crippen molar-refractivity contribution in [2.45, 2.75) is 37.8 Å². The van der Waals surface area contributed by atoms with Crippen LogP contribution >= 0.6 is 11.8 Å². The van der Waals surface area contributed by atoms with Gasteiger partial charge >= 0.3 is 0 Å². The summed E-state index contributed by atoms with van der Waals surface area (Å²) in [7, 11) is 0. The van der Waals surface area contributed by atoms with Crippen molar-refractivity contribution in [2.24, 2.45) is 5.73 Å². The molecule has 2 N–H and O–H groups in total. The maximum absolute atomic E-state index is 12.0. The van der Waals surface area contributed by atoms with E-state index in [0.717, 1.165) is 25.0 Å². The molecule has 0 radical (unpaired) electrons. The summed E-state index contributed by atoms with van der Waals surface area (Å²) in [6.07, 6.45) is 5.25. The second kappa shape index (κ2) is 6.77. The fourth-order valence-corrected chi connectivity index (χ4v) is 2.10. The number of nitriles is 1. The lowest BCUT2D eigenvalue weighted by Crippen LogP contribution is -2.45. The molecule has 1 fully saturated rings. The third-order valence-electron chi connectivity index (χ3n) is 2.69. The van der Waals surface area contributed by atoms with Gasteiger partial charge in [0, 0.05) is 12.6 Å². The quantitative estimate of drug-likeness (QED) is 0.721. The van der Waals surface area contributed by atoms with Gasteiger partial charge in [-0.1, -0.05) is 0 Å². The minimum Gasteiger partial charge on any atom is -0.337 e. The molecule has 0 aromatic heterocycles. The fourth-order valence-electron chi connectivity index (χ4n) is 1.61. The molecule has 1 aliphatic rings. The second-order valence-corrected chi connectivity index (χ2v) is 5.04. The van der Waals surface area contributed by atoms with Crippen LogP contribution in [0.5, 0.6) is 0 Å². The lowest BCUT2D eigenvalue weighted by atomic mass is 10.2. The first-order valence-electron chi connectivity index (χ1n) is 5.62. The monoisotopic (exact) mass is 241 g/mol. The predicted octanol–water partition coefficient (Wildman–Crippen LogP) is 0.971. The summed E-state index contributed by atoms with van der Waals surface area (Å²) in [5.41, 5.74) is 5.85. The van der Waals surface area contributed by atoms with E-state index in [0.29, 0.717) is 19.0 Å². The molecule has 1 amide bonds. The Labute approximate surface area is 101 Å². The van der Waals surface area contributed by atoms with Gasteiger partial charge in [-0.25, -0.2) is 0 Å². The number of thioether (sulfide) groups is 1. The molecular formula is C11H19N3OS. The summed E-state index contributed by atoms with van der Waals surface area (Å²) in [6.45, 7) is 0.535. The average Bonchev–Trinajstić information content (AvgIpc) is 3.10. The van der Waals surface area contributed by atoms with Crippen molar-refractivity contribution in [3.8, 4) is 6.07 Å². The van der Waals surface area contributed by atoms with Crippen molar-refractivity contribution in [3.05, 3.63) is 0 Å². The normalized spacial score (nSPS) is 16.6. The highest BCUT2D eigenvalue weighted by molar-refractivity contribution is 7.98. The van der Waals surface area contributed by atoms with E-state index in [1.165, 1.54) is 0 Å². The number of carbonyl (C=O) groups excluding carboxylic acids is 1. The smallest absolute Gasteiger partial charge is 0.239 e. The highest BCUT2D eigenvalue weighted by Crippen LogP contribution is 2.27. The van der Waals surface area contributed by atoms with Gasteiger partial charge in [0.05, 0.1) is 18.5 Å². The first kappa shape index (κ1) is 13.3. The Bertz CT molecular complexity index is 273. The Balaban J connectivity index is 2.43. The van der Waals surface area contributed by atoms with E-state index < -0.39 is 6.04 Å². The van der Waals surface area contributed by atoms with Crippen LogP contribution in [0.1, 0.15) is 25.7 Å². The number of rotatable bonds is 7. The standard InChI is InChI=1S/C11H19N3OS/c1-16-8-5-10(13)11(15)14(7-2-6-12)9-3-4-9/h9-10H,2-5,7-8,13H2,1H3/t10-/m0/s1. The Kier molecular flexibility index (Phi) is 5.64. The summed E-state index contributed by atoms with van der Waals surface area (Å²) in [6, 6.07) is 2.03. The molecule has 1 rings (SSSR count). The molecule has 0 spiro atoms. The molecule has 0 aliphatic heterocycles. The predicted molar refractivity (Wildman–Crippen MR) is 65.9 cm³/mol. The molecule has 0 unspecified atom stereocenters. The lowest BCUT2D eigenvalue weighted by molar-refractivity contribution is -0.133. The Hall–Kier alpha value is -0.730. The van der Waals surface area contributed by atoms with Crippen molar-refractivity contribution >= 4 is 17.7 Å². The van der Waals surface area contributed by atoms with Crippen molar-refractivity contribution < 1.29 is 4.79 Å². The van der Waals surface area contributed by atoms with E-state index in [4.69, 9.17) is 11.0 Å². The number of hydrogen-bond donors (Lipinski definition) is 1. The van der Waals surface area contributed by atoms with Crippen LogP contribution < -0.4 is 5.73 Å². The first-order valence-corrected chi connectivity index (χ1v) is 7.02. The van der Waals surface area contributed by atoms with Crippen molar-refractivity contribution in [2.75, 3.05) is 18.6 Å². The van der Waals surface area contributed by atoms with E-state index >= 15 is 0 Å². The van der Waals surface area contributed by atoms with Crippen LogP contribution in [0.2, 0.25) is 0 Å². The summed E-state index contributed by atoms with van der Waals surface area (Å²) < 4.78 is 0. The number of carbonyl (C=O) groups is 1. The van der Waals surface area contributed by atoms with Gasteiger partial charge in [0.1, 0.15) is 0 Å². The van der Waals surface area contributed by atoms with E-state index in [9.17, 15) is 4.79 Å². The summed E-state index contributed by atoms with van der Waals surface area (Å²) in [5, 5.41) is 8.56. The maximum atomic E-state index is 12.0. The maximum Gasteiger partial charge on any atom is 0.239 e. The van der Waals surface area contributed by atoms with Gasteiger partial charge in [0.2, 0.25) is 5.91 Å². The van der Waals surface area contributed by atoms with Gasteiger partial charge in [-0.05, 0) is 31.3 Å². The van der Waals surface area contributed by atoms with Crippen molar-refractivity contribution in [1.82, 2.24) is 4.90 Å². The zero-order chi connectivity index (χ0) is 12.0. The van der Waals surface area contributed by atoms with Crippen LogP contribution in [0.15, 0.2) is 0 Å². The SMILES string of the molecule is CSCC[C@H](N)C(=O)N(CCC#N)C1CC1. The molecule has 1 saturated carbocycles. The molecule has 4 nitrogen and oxygen atoms in total. The topological polar surface area (TPSA) is 70.1 Å². The van der Waals surface area contributed by atoms with E-state index in [1.54, 1.807) is 16.7 Å². The number of hydrogen-bond acceptors (Lipinski definition) is 4. The molecule has 0 saturated heterocycles. The van der Waals surface area contributed by atoms with Gasteiger partial charge in [-0.3, -0.25) is 4.79 Å². The van der Waals surface area contributed by atoms with Gasteiger partial charge in [-0.15, -0.1) is 0 Å². The summed E-state index contributed by atoms with van der Waals surface area (Å²) in [5.74, 6) is 0.927. The molecular weight excluding hydrogens is 222 g/mol. The van der Waals surface area contributed by atoms with Crippen LogP contribution in [-0.2, 0) is 4.79 Å². The molecule has 0 bridgehead atoms. The number of amides is 1. The lowest BCUT2D eigenvalue weighted by Gasteiger charge is -2.24. The molecule has 0 aromatic rings. The zero-order valence-corrected chi connectivity index (χ0v) is 10.5. The number of nitrogens with zero attached hydrogens (tertiary/aromatic N) is 2. The van der Waals surface area contributed by atoms with Gasteiger partial charge in [-0.2, -0.15) is 17.0 Å². The van der Waals surface area contributed by atoms with Crippen LogP contribution in [0, 0.1) is 11.3 Å². The molecule has 0 aromatic carbocycles. The average molecular weight is 241 g/mol. The van der Waals surface area contributed by atoms with Gasteiger partial charge < -0.3 is 10.6 Å². The summed E-state index contributed by atoms with van der Waals surface area (Å²) in [4.78, 5) is 13.8. The fraction of sp³-hybridized carbons (Fsp3) is 0.818. The molecule has 90 valence electrons. The van der Waals surface area contributed by atoms with Crippen LogP contribution in [0.4, 0.5) is 0 Å². The Morgan fingerprint density at radius 1 is 1.69 bits per heavy atom. The highest BCUT2D eigenvalue weighted by atomic mass is 32.2. The summed E-state index contributed by atoms with van der Waals surface area (Å²) >= 11 is 1.70. The molecule has 16 heavy (non-hydrogen) atoms. The molecule has 1 atom stereocenters. The van der Waals surface area contributed by atoms with Crippen molar-refractivity contribution in [3.63, 3.8) is 0 Å². The second-order valence-electron chi connectivity index (χ2n) is 4.06. The largest absolute Gasteiger partial charge is 0.337 e. The van der Waals surface area contributed by atoms with Crippen LogP contribution in [-0.4, -0.2) is 41.4 Å². The Morgan fingerprint density at radius 3 is 2.88 bits per heavy atom. The minimum atomic E-state index is -0.397. The number of nitrogens with two attached hydrogens (primary N) is 1. The first-order chi connectivity index (χ1) is 7.70. The minimum absolute atomic E-state index is 0.0202. The van der Waals surface area contributed by atoms with Crippen molar-refractivity contribution in [1.29, 1.82) is 5.26 Å². The zero-order valence-electron chi connectivity index (χ0n) is 9.69. The van der Waals surface area contributed by atoms with Crippen LogP contribution in [0.25, 0.3) is 0 Å². The van der Waals surface area contributed by atoms with E-state index in [2.05, 4.69) is 6.07 Å². The third-order valence-corrected chi connectivity index (χ3v) is 3.33. The molecule has 5 heteroatoms. The van der Waals surface area contributed by atoms with E-state index in [1.807, 2.05) is 6.26 Å². The van der Waals surface area contributed by atoms with E-state index in [-0.39, 0.29) is 5.91 Å². The highest BCUT2D eigenvalue weighted by Gasteiger charge is 2.34. The third kappa shape index (κ3) is 4.03. The molecule has 1 aliphatic carbocycles. The van der Waals surface area contributed by atoms with Crippen LogP contribution in [0.3, 0.4) is 0 Å². The molecule has 0 heterocycles. The van der Waals surface area contributed by atoms with Gasteiger partial charge in [0.15, 0.2) is 0 Å². The Morgan fingerprint density at radius 2 is 2.38 bits per heavy atom. The van der Waals surface area contributed by atoms with Gasteiger partial charge in [0.25, 0.3) is 0 Å².